The van der Waals surface area contributed by atoms with Crippen molar-refractivity contribution in [2.75, 3.05) is 12.4 Å². The predicted molar refractivity (Wildman–Crippen MR) is 111 cm³/mol. The van der Waals surface area contributed by atoms with Crippen LogP contribution in [0.2, 0.25) is 0 Å². The van der Waals surface area contributed by atoms with Crippen LogP contribution in [0, 0.1) is 6.92 Å². The molecule has 0 spiro atoms. The van der Waals surface area contributed by atoms with Gasteiger partial charge in [0.1, 0.15) is 5.75 Å². The molecular weight excluding hydrogens is 366 g/mol. The van der Waals surface area contributed by atoms with Gasteiger partial charge < -0.3 is 14.5 Å². The van der Waals surface area contributed by atoms with Gasteiger partial charge in [-0.25, -0.2) is 0 Å². The molecule has 1 aromatic heterocycles. The Balaban J connectivity index is 1.48. The van der Waals surface area contributed by atoms with Crippen molar-refractivity contribution >= 4 is 11.6 Å². The Labute approximate surface area is 168 Å². The average molecular weight is 385 g/mol. The van der Waals surface area contributed by atoms with E-state index in [9.17, 15) is 4.79 Å². The molecule has 0 saturated heterocycles. The Hall–Kier alpha value is -3.93. The smallest absolute Gasteiger partial charge is 0.255 e. The number of methoxy groups -OCH3 is 1. The molecule has 0 radical (unpaired) electrons. The van der Waals surface area contributed by atoms with E-state index in [0.717, 1.165) is 22.4 Å². The minimum absolute atomic E-state index is 0.201. The summed E-state index contributed by atoms with van der Waals surface area (Å²) in [5.41, 5.74) is 3.97. The van der Waals surface area contributed by atoms with Crippen LogP contribution in [-0.2, 0) is 0 Å². The highest BCUT2D eigenvalue weighted by molar-refractivity contribution is 6.04. The lowest BCUT2D eigenvalue weighted by molar-refractivity contribution is 0.102. The van der Waals surface area contributed by atoms with Gasteiger partial charge in [0, 0.05) is 22.4 Å². The van der Waals surface area contributed by atoms with Crippen molar-refractivity contribution in [1.82, 2.24) is 10.2 Å². The molecule has 144 valence electrons. The number of nitrogens with one attached hydrogen (secondary N) is 1. The van der Waals surface area contributed by atoms with Gasteiger partial charge in [-0.15, -0.1) is 10.2 Å². The summed E-state index contributed by atoms with van der Waals surface area (Å²) in [7, 11) is 1.60. The normalized spacial score (nSPS) is 10.6. The summed E-state index contributed by atoms with van der Waals surface area (Å²) in [5.74, 6) is 1.40. The van der Waals surface area contributed by atoms with Crippen LogP contribution in [-0.4, -0.2) is 23.2 Å². The van der Waals surface area contributed by atoms with Crippen LogP contribution in [0.4, 0.5) is 5.69 Å². The molecule has 0 aliphatic rings. The maximum absolute atomic E-state index is 12.4. The Kier molecular flexibility index (Phi) is 5.07. The first kappa shape index (κ1) is 18.4. The minimum atomic E-state index is -0.201. The number of anilines is 1. The highest BCUT2D eigenvalue weighted by atomic mass is 16.5. The summed E-state index contributed by atoms with van der Waals surface area (Å²) in [6.07, 6.45) is 0. The molecule has 29 heavy (non-hydrogen) atoms. The molecule has 4 rings (SSSR count). The number of amides is 1. The maximum Gasteiger partial charge on any atom is 0.255 e. The van der Waals surface area contributed by atoms with Crippen LogP contribution in [0.3, 0.4) is 0 Å². The first-order valence-electron chi connectivity index (χ1n) is 9.09. The molecule has 0 unspecified atom stereocenters. The fourth-order valence-electron chi connectivity index (χ4n) is 2.88. The minimum Gasteiger partial charge on any atom is -0.497 e. The molecule has 0 atom stereocenters. The molecule has 6 nitrogen and oxygen atoms in total. The summed E-state index contributed by atoms with van der Waals surface area (Å²) in [4.78, 5) is 12.4. The number of nitrogens with zero attached hydrogens (tertiary/aromatic N) is 2. The van der Waals surface area contributed by atoms with Gasteiger partial charge in [0.05, 0.1) is 7.11 Å². The van der Waals surface area contributed by atoms with Gasteiger partial charge in [0.2, 0.25) is 11.8 Å². The summed E-state index contributed by atoms with van der Waals surface area (Å²) >= 11 is 0. The molecular formula is C23H19N3O3. The zero-order valence-corrected chi connectivity index (χ0v) is 16.0. The second-order valence-corrected chi connectivity index (χ2v) is 6.54. The van der Waals surface area contributed by atoms with E-state index in [0.29, 0.717) is 23.0 Å². The van der Waals surface area contributed by atoms with E-state index < -0.39 is 0 Å². The Bertz CT molecular complexity index is 1130. The van der Waals surface area contributed by atoms with Crippen LogP contribution >= 0.6 is 0 Å². The highest BCUT2D eigenvalue weighted by Crippen LogP contribution is 2.25. The summed E-state index contributed by atoms with van der Waals surface area (Å²) in [6, 6.07) is 22.1. The number of carbonyl (C=O) groups excluding carboxylic acids is 1. The van der Waals surface area contributed by atoms with Crippen molar-refractivity contribution in [3.63, 3.8) is 0 Å². The van der Waals surface area contributed by atoms with Crippen molar-refractivity contribution in [3.8, 4) is 28.7 Å². The molecule has 6 heteroatoms. The second-order valence-electron chi connectivity index (χ2n) is 6.54. The van der Waals surface area contributed by atoms with Crippen molar-refractivity contribution in [1.29, 1.82) is 0 Å². The largest absolute Gasteiger partial charge is 0.497 e. The van der Waals surface area contributed by atoms with Crippen molar-refractivity contribution < 1.29 is 13.9 Å². The fraction of sp³-hybridized carbons (Fsp3) is 0.0870. The van der Waals surface area contributed by atoms with Gasteiger partial charge in [0.25, 0.3) is 5.91 Å². The molecule has 4 aromatic rings. The van der Waals surface area contributed by atoms with Gasteiger partial charge in [-0.3, -0.25) is 4.79 Å². The Morgan fingerprint density at radius 3 is 2.24 bits per heavy atom. The van der Waals surface area contributed by atoms with Crippen molar-refractivity contribution in [2.24, 2.45) is 0 Å². The molecule has 1 amide bonds. The first-order chi connectivity index (χ1) is 14.1. The first-order valence-corrected chi connectivity index (χ1v) is 9.09. The number of hydrogen-bond acceptors (Lipinski definition) is 5. The van der Waals surface area contributed by atoms with E-state index >= 15 is 0 Å². The van der Waals surface area contributed by atoms with Crippen LogP contribution in [0.15, 0.2) is 77.2 Å². The van der Waals surface area contributed by atoms with E-state index in [-0.39, 0.29) is 5.91 Å². The third kappa shape index (κ3) is 4.16. The van der Waals surface area contributed by atoms with E-state index in [2.05, 4.69) is 15.5 Å². The number of hydrogen-bond donors (Lipinski definition) is 1. The number of aryl methyl sites for hydroxylation is 1. The van der Waals surface area contributed by atoms with E-state index in [4.69, 9.17) is 9.15 Å². The lowest BCUT2D eigenvalue weighted by atomic mass is 10.1. The molecule has 1 heterocycles. The number of aromatic nitrogens is 2. The molecule has 0 saturated carbocycles. The second kappa shape index (κ2) is 7.98. The van der Waals surface area contributed by atoms with E-state index in [1.807, 2.05) is 31.2 Å². The molecule has 0 bridgehead atoms. The number of benzene rings is 3. The molecule has 0 fully saturated rings. The van der Waals surface area contributed by atoms with Crippen LogP contribution in [0.1, 0.15) is 15.9 Å². The third-order valence-corrected chi connectivity index (χ3v) is 4.43. The van der Waals surface area contributed by atoms with Crippen LogP contribution < -0.4 is 10.1 Å². The van der Waals surface area contributed by atoms with Crippen LogP contribution in [0.5, 0.6) is 5.75 Å². The number of carbonyl (C=O) groups is 1. The quantitative estimate of drug-likeness (QED) is 0.525. The van der Waals surface area contributed by atoms with Gasteiger partial charge in [-0.05, 0) is 67.6 Å². The van der Waals surface area contributed by atoms with E-state index in [1.165, 1.54) is 0 Å². The summed E-state index contributed by atoms with van der Waals surface area (Å²) in [5, 5.41) is 11.1. The molecule has 0 aliphatic heterocycles. The Morgan fingerprint density at radius 1 is 0.897 bits per heavy atom. The fourth-order valence-corrected chi connectivity index (χ4v) is 2.88. The van der Waals surface area contributed by atoms with Crippen molar-refractivity contribution in [3.05, 3.63) is 83.9 Å². The summed E-state index contributed by atoms with van der Waals surface area (Å²) < 4.78 is 10.9. The molecule has 1 N–H and O–H groups in total. The zero-order valence-electron chi connectivity index (χ0n) is 16.0. The molecule has 0 aliphatic carbocycles. The van der Waals surface area contributed by atoms with E-state index in [1.54, 1.807) is 55.6 Å². The van der Waals surface area contributed by atoms with Gasteiger partial charge >= 0.3 is 0 Å². The monoisotopic (exact) mass is 385 g/mol. The maximum atomic E-state index is 12.4. The van der Waals surface area contributed by atoms with Gasteiger partial charge in [-0.2, -0.15) is 0 Å². The number of ether oxygens (including phenoxy) is 1. The lowest BCUT2D eigenvalue weighted by Gasteiger charge is -2.06. The SMILES string of the molecule is COc1ccc(NC(=O)c2ccc(-c3nnc(-c4cccc(C)c4)o3)cc2)cc1. The van der Waals surface area contributed by atoms with Crippen molar-refractivity contribution in [2.45, 2.75) is 6.92 Å². The van der Waals surface area contributed by atoms with Gasteiger partial charge in [-0.1, -0.05) is 17.7 Å². The standard InChI is InChI=1S/C23H19N3O3/c1-15-4-3-5-18(14-15)23-26-25-22(29-23)17-8-6-16(7-9-17)21(27)24-19-10-12-20(28-2)13-11-19/h3-14H,1-2H3,(H,24,27). The predicted octanol–water partition coefficient (Wildman–Crippen LogP) is 4.97. The zero-order chi connectivity index (χ0) is 20.2. The third-order valence-electron chi connectivity index (χ3n) is 4.43. The Morgan fingerprint density at radius 2 is 1.59 bits per heavy atom. The van der Waals surface area contributed by atoms with Gasteiger partial charge in [0.15, 0.2) is 0 Å². The lowest BCUT2D eigenvalue weighted by Crippen LogP contribution is -2.11. The highest BCUT2D eigenvalue weighted by Gasteiger charge is 2.12. The number of rotatable bonds is 5. The summed E-state index contributed by atoms with van der Waals surface area (Å²) in [6.45, 7) is 2.01. The average Bonchev–Trinajstić information content (AvgIpc) is 3.25. The molecule has 3 aromatic carbocycles. The topological polar surface area (TPSA) is 77.2 Å². The van der Waals surface area contributed by atoms with Crippen LogP contribution in [0.25, 0.3) is 22.9 Å².